The fourth-order valence-electron chi connectivity index (χ4n) is 2.48. The highest BCUT2D eigenvalue weighted by Gasteiger charge is 2.29. The number of methoxy groups -OCH3 is 1. The van der Waals surface area contributed by atoms with Crippen LogP contribution in [0.25, 0.3) is 0 Å². The molecule has 0 aromatic heterocycles. The first kappa shape index (κ1) is 23.1. The first-order valence-corrected chi connectivity index (χ1v) is 9.35. The molecule has 158 valence electrons. The number of imide groups is 1. The minimum Gasteiger partial charge on any atom is -0.508 e. The molecule has 3 amide bonds. The number of benzene rings is 2. The van der Waals surface area contributed by atoms with Crippen molar-refractivity contribution in [2.75, 3.05) is 7.11 Å². The number of halogens is 1. The number of hydrogen-bond donors (Lipinski definition) is 4. The lowest BCUT2D eigenvalue weighted by atomic mass is 10.0. The van der Waals surface area contributed by atoms with Crippen LogP contribution in [-0.4, -0.2) is 41.4 Å². The number of carbonyl (C=O) groups is 3. The van der Waals surface area contributed by atoms with Crippen molar-refractivity contribution in [3.05, 3.63) is 76.3 Å². The largest absolute Gasteiger partial charge is 0.508 e. The van der Waals surface area contributed by atoms with Crippen molar-refractivity contribution in [3.8, 4) is 5.75 Å². The van der Waals surface area contributed by atoms with Crippen LogP contribution in [0.3, 0.4) is 0 Å². The quantitative estimate of drug-likeness (QED) is 0.273. The molecule has 0 spiro atoms. The van der Waals surface area contributed by atoms with E-state index < -0.39 is 30.1 Å². The van der Waals surface area contributed by atoms with Gasteiger partial charge in [0.1, 0.15) is 11.9 Å². The molecule has 2 atom stereocenters. The van der Waals surface area contributed by atoms with Gasteiger partial charge in [-0.25, -0.2) is 10.3 Å². The van der Waals surface area contributed by atoms with Crippen molar-refractivity contribution >= 4 is 33.8 Å². The van der Waals surface area contributed by atoms with Gasteiger partial charge in [0.15, 0.2) is 6.10 Å². The second-order valence-electron chi connectivity index (χ2n) is 5.88. The molecular formula is C20H19BrN2O7. The molecule has 10 heteroatoms. The number of ether oxygens (including phenoxy) is 2. The van der Waals surface area contributed by atoms with Gasteiger partial charge in [-0.05, 0) is 36.4 Å². The van der Waals surface area contributed by atoms with E-state index >= 15 is 0 Å². The van der Waals surface area contributed by atoms with E-state index in [9.17, 15) is 19.5 Å². The van der Waals surface area contributed by atoms with Crippen LogP contribution in [0, 0.1) is 0 Å². The summed E-state index contributed by atoms with van der Waals surface area (Å²) in [6.07, 6.45) is -1.18. The first-order chi connectivity index (χ1) is 14.3. The number of phenols is 1. The molecule has 0 aliphatic heterocycles. The molecule has 0 unspecified atom stereocenters. The van der Waals surface area contributed by atoms with Gasteiger partial charge >= 0.3 is 6.09 Å². The van der Waals surface area contributed by atoms with Gasteiger partial charge in [0.25, 0.3) is 11.8 Å². The van der Waals surface area contributed by atoms with Crippen LogP contribution in [0.1, 0.15) is 22.0 Å². The molecule has 0 heterocycles. The number of phenolic OH excluding ortho intramolecular Hbond substituents is 1. The smallest absolute Gasteiger partial charge is 0.414 e. The monoisotopic (exact) mass is 478 g/mol. The van der Waals surface area contributed by atoms with E-state index in [1.807, 2.05) is 0 Å². The highest BCUT2D eigenvalue weighted by molar-refractivity contribution is 9.10. The molecule has 0 fully saturated rings. The van der Waals surface area contributed by atoms with Crippen LogP contribution >= 0.6 is 15.9 Å². The Hall–Kier alpha value is -3.21. The van der Waals surface area contributed by atoms with Crippen molar-refractivity contribution in [2.24, 2.45) is 0 Å². The van der Waals surface area contributed by atoms with Gasteiger partial charge in [-0.1, -0.05) is 34.1 Å². The van der Waals surface area contributed by atoms with Gasteiger partial charge in [0.2, 0.25) is 0 Å². The first-order valence-electron chi connectivity index (χ1n) is 8.56. The second-order valence-corrected chi connectivity index (χ2v) is 6.80. The molecule has 9 nitrogen and oxygen atoms in total. The second kappa shape index (κ2) is 11.1. The molecule has 0 bridgehead atoms. The standard InChI is InChI=1S/C20H19BrN2O7/c1-29-16(9-10-17(25)23-28)18(14-11-13(21)7-8-15(14)24)30-20(27)22-19(26)12-5-3-2-4-6-12/h2-11,16,18,24,28H,1H3,(H,23,25)(H,22,26,27)/b10-9+/t16-,18-/m1/s1. The van der Waals surface area contributed by atoms with Gasteiger partial charge in [0.05, 0.1) is 0 Å². The van der Waals surface area contributed by atoms with Gasteiger partial charge in [-0.3, -0.25) is 20.1 Å². The number of nitrogens with one attached hydrogen (secondary N) is 2. The van der Waals surface area contributed by atoms with Crippen LogP contribution in [0.4, 0.5) is 4.79 Å². The lowest BCUT2D eigenvalue weighted by molar-refractivity contribution is -0.124. The molecule has 30 heavy (non-hydrogen) atoms. The minimum atomic E-state index is -1.24. The van der Waals surface area contributed by atoms with Crippen molar-refractivity contribution in [1.29, 1.82) is 0 Å². The number of carbonyl (C=O) groups excluding carboxylic acids is 3. The summed E-state index contributed by atoms with van der Waals surface area (Å²) in [4.78, 5) is 35.9. The zero-order valence-electron chi connectivity index (χ0n) is 15.7. The van der Waals surface area contributed by atoms with Crippen molar-refractivity contribution in [2.45, 2.75) is 12.2 Å². The van der Waals surface area contributed by atoms with Crippen LogP contribution in [-0.2, 0) is 14.3 Å². The van der Waals surface area contributed by atoms with Crippen LogP contribution in [0.2, 0.25) is 0 Å². The summed E-state index contributed by atoms with van der Waals surface area (Å²) in [6.45, 7) is 0. The Morgan fingerprint density at radius 2 is 1.83 bits per heavy atom. The zero-order valence-corrected chi connectivity index (χ0v) is 17.3. The van der Waals surface area contributed by atoms with Gasteiger partial charge in [0, 0.05) is 28.8 Å². The van der Waals surface area contributed by atoms with E-state index in [1.165, 1.54) is 42.9 Å². The molecule has 0 saturated heterocycles. The summed E-state index contributed by atoms with van der Waals surface area (Å²) in [6, 6.07) is 12.5. The summed E-state index contributed by atoms with van der Waals surface area (Å²) in [7, 11) is 1.30. The lowest BCUT2D eigenvalue weighted by Crippen LogP contribution is -2.35. The predicted molar refractivity (Wildman–Crippen MR) is 109 cm³/mol. The Bertz CT molecular complexity index is 934. The molecule has 2 aromatic carbocycles. The molecule has 4 N–H and O–H groups in total. The molecular weight excluding hydrogens is 460 g/mol. The molecule has 0 aliphatic carbocycles. The Morgan fingerprint density at radius 1 is 1.13 bits per heavy atom. The lowest BCUT2D eigenvalue weighted by Gasteiger charge is -2.25. The van der Waals surface area contributed by atoms with E-state index in [0.717, 1.165) is 6.08 Å². The fraction of sp³-hybridized carbons (Fsp3) is 0.150. The molecule has 0 radical (unpaired) electrons. The molecule has 0 saturated carbocycles. The Kier molecular flexibility index (Phi) is 8.54. The number of hydroxylamine groups is 1. The highest BCUT2D eigenvalue weighted by atomic mass is 79.9. The normalized spacial score (nSPS) is 12.8. The third kappa shape index (κ3) is 6.41. The third-order valence-electron chi connectivity index (χ3n) is 3.90. The van der Waals surface area contributed by atoms with E-state index in [0.29, 0.717) is 4.47 Å². The average molecular weight is 479 g/mol. The van der Waals surface area contributed by atoms with Gasteiger partial charge < -0.3 is 14.6 Å². The van der Waals surface area contributed by atoms with E-state index in [-0.39, 0.29) is 16.9 Å². The van der Waals surface area contributed by atoms with E-state index in [4.69, 9.17) is 14.7 Å². The van der Waals surface area contributed by atoms with Crippen LogP contribution in [0.15, 0.2) is 65.2 Å². The number of amides is 3. The maximum absolute atomic E-state index is 12.4. The van der Waals surface area contributed by atoms with Crippen LogP contribution in [0.5, 0.6) is 5.75 Å². The molecule has 2 rings (SSSR count). The average Bonchev–Trinajstić information content (AvgIpc) is 2.75. The van der Waals surface area contributed by atoms with Gasteiger partial charge in [-0.15, -0.1) is 0 Å². The fourth-order valence-corrected chi connectivity index (χ4v) is 2.86. The number of rotatable bonds is 7. The number of aromatic hydroxyl groups is 1. The number of hydrogen-bond acceptors (Lipinski definition) is 7. The van der Waals surface area contributed by atoms with Crippen molar-refractivity contribution in [1.82, 2.24) is 10.8 Å². The topological polar surface area (TPSA) is 134 Å². The molecule has 0 aliphatic rings. The van der Waals surface area contributed by atoms with Crippen molar-refractivity contribution < 1.29 is 34.2 Å². The van der Waals surface area contributed by atoms with E-state index in [1.54, 1.807) is 24.3 Å². The van der Waals surface area contributed by atoms with Crippen LogP contribution < -0.4 is 10.8 Å². The zero-order chi connectivity index (χ0) is 22.1. The Labute approximate surface area is 180 Å². The summed E-state index contributed by atoms with van der Waals surface area (Å²) >= 11 is 3.27. The summed E-state index contributed by atoms with van der Waals surface area (Å²) in [5.74, 6) is -1.72. The van der Waals surface area contributed by atoms with E-state index in [2.05, 4.69) is 21.2 Å². The number of alkyl carbamates (subject to hydrolysis) is 1. The minimum absolute atomic E-state index is 0.160. The Balaban J connectivity index is 2.29. The summed E-state index contributed by atoms with van der Waals surface area (Å²) in [5, 5.41) is 21.0. The molecule has 2 aromatic rings. The third-order valence-corrected chi connectivity index (χ3v) is 4.39. The maximum atomic E-state index is 12.4. The maximum Gasteiger partial charge on any atom is 0.414 e. The Morgan fingerprint density at radius 3 is 2.47 bits per heavy atom. The van der Waals surface area contributed by atoms with Gasteiger partial charge in [-0.2, -0.15) is 0 Å². The SMILES string of the molecule is CO[C@H](/C=C/C(=O)NO)[C@H](OC(=O)NC(=O)c1ccccc1)c1cc(Br)ccc1O. The predicted octanol–water partition coefficient (Wildman–Crippen LogP) is 2.84. The summed E-state index contributed by atoms with van der Waals surface area (Å²) < 4.78 is 11.2. The highest BCUT2D eigenvalue weighted by Crippen LogP contribution is 2.33. The summed E-state index contributed by atoms with van der Waals surface area (Å²) in [5.41, 5.74) is 1.83. The van der Waals surface area contributed by atoms with Crippen molar-refractivity contribution in [3.63, 3.8) is 0 Å².